The topological polar surface area (TPSA) is 59.7 Å². The van der Waals surface area contributed by atoms with Gasteiger partial charge >= 0.3 is 0 Å². The Hall–Kier alpha value is -3.82. The third-order valence-electron chi connectivity index (χ3n) is 5.33. The number of hydrogen-bond acceptors (Lipinski definition) is 5. The van der Waals surface area contributed by atoms with E-state index in [0.29, 0.717) is 11.4 Å². The number of anilines is 1. The summed E-state index contributed by atoms with van der Waals surface area (Å²) in [6.45, 7) is 3.73. The first-order chi connectivity index (χ1) is 15.6. The molecule has 0 N–H and O–H groups in total. The molecule has 0 aliphatic heterocycles. The third kappa shape index (κ3) is 4.28. The summed E-state index contributed by atoms with van der Waals surface area (Å²) in [5, 5.41) is 4.45. The van der Waals surface area contributed by atoms with Gasteiger partial charge in [-0.1, -0.05) is 0 Å². The zero-order chi connectivity index (χ0) is 23.9. The highest BCUT2D eigenvalue weighted by Gasteiger charge is 2.29. The molecular formula is C23H20F4N6. The van der Waals surface area contributed by atoms with Crippen molar-refractivity contribution in [2.75, 3.05) is 19.0 Å². The molecule has 6 nitrogen and oxygen atoms in total. The van der Waals surface area contributed by atoms with Gasteiger partial charge in [0.05, 0.1) is 28.1 Å². The van der Waals surface area contributed by atoms with Gasteiger partial charge in [-0.05, 0) is 56.3 Å². The summed E-state index contributed by atoms with van der Waals surface area (Å²) in [5.41, 5.74) is 1.37. The molecule has 4 heterocycles. The lowest BCUT2D eigenvalue weighted by atomic mass is 9.84. The number of aromatic nitrogens is 5. The lowest BCUT2D eigenvalue weighted by Crippen LogP contribution is -2.23. The van der Waals surface area contributed by atoms with Gasteiger partial charge in [0.2, 0.25) is 23.8 Å². The molecule has 0 amide bonds. The van der Waals surface area contributed by atoms with E-state index in [2.05, 4.69) is 20.1 Å². The summed E-state index contributed by atoms with van der Waals surface area (Å²) in [5.74, 6) is -3.81. The van der Waals surface area contributed by atoms with Gasteiger partial charge in [0.1, 0.15) is 5.69 Å². The van der Waals surface area contributed by atoms with Gasteiger partial charge in [-0.25, -0.2) is 4.68 Å². The zero-order valence-electron chi connectivity index (χ0n) is 18.3. The van der Waals surface area contributed by atoms with Crippen molar-refractivity contribution in [1.29, 1.82) is 0 Å². The number of halogens is 4. The highest BCUT2D eigenvalue weighted by Crippen LogP contribution is 2.34. The van der Waals surface area contributed by atoms with Crippen molar-refractivity contribution in [2.24, 2.45) is 0 Å². The molecule has 4 aromatic heterocycles. The van der Waals surface area contributed by atoms with Gasteiger partial charge in [-0.2, -0.15) is 32.6 Å². The van der Waals surface area contributed by atoms with Crippen molar-refractivity contribution in [1.82, 2.24) is 24.7 Å². The van der Waals surface area contributed by atoms with Crippen LogP contribution in [0.3, 0.4) is 0 Å². The van der Waals surface area contributed by atoms with Crippen LogP contribution in [0.15, 0.2) is 48.7 Å². The first-order valence-electron chi connectivity index (χ1n) is 9.97. The largest absolute Gasteiger partial charge is 0.378 e. The van der Waals surface area contributed by atoms with E-state index in [1.54, 1.807) is 12.1 Å². The third-order valence-corrected chi connectivity index (χ3v) is 5.33. The highest BCUT2D eigenvalue weighted by atomic mass is 19.1. The van der Waals surface area contributed by atoms with Crippen molar-refractivity contribution in [2.45, 2.75) is 19.3 Å². The van der Waals surface area contributed by atoms with Gasteiger partial charge in [-0.3, -0.25) is 4.98 Å². The van der Waals surface area contributed by atoms with Crippen LogP contribution >= 0.6 is 0 Å². The maximum atomic E-state index is 14.4. The average molecular weight is 456 g/mol. The molecule has 0 aliphatic carbocycles. The van der Waals surface area contributed by atoms with Gasteiger partial charge in [0.25, 0.3) is 0 Å². The molecule has 0 atom stereocenters. The number of hydrogen-bond donors (Lipinski definition) is 0. The van der Waals surface area contributed by atoms with Gasteiger partial charge < -0.3 is 4.90 Å². The molecule has 0 aromatic carbocycles. The number of rotatable bonds is 5. The Kier molecular flexibility index (Phi) is 5.61. The molecule has 0 bridgehead atoms. The standard InChI is InChI=1S/C23H20F4N6/c1-23(2,17-9-10-33(31-17)16-6-8-20(25)30-22(16)27)18-12-13(32(3)4)11-15(28-18)14-5-7-19(24)29-21(14)26/h5-12H,1-4H3. The Morgan fingerprint density at radius 3 is 2.09 bits per heavy atom. The molecule has 0 saturated carbocycles. The smallest absolute Gasteiger partial charge is 0.241 e. The predicted octanol–water partition coefficient (Wildman–Crippen LogP) is 4.67. The van der Waals surface area contributed by atoms with Crippen molar-refractivity contribution in [3.63, 3.8) is 0 Å². The summed E-state index contributed by atoms with van der Waals surface area (Å²) < 4.78 is 56.2. The molecule has 0 spiro atoms. The van der Waals surface area contributed by atoms with E-state index in [0.717, 1.165) is 17.8 Å². The lowest BCUT2D eigenvalue weighted by Gasteiger charge is -2.25. The van der Waals surface area contributed by atoms with Crippen LogP contribution in [0.25, 0.3) is 16.9 Å². The second kappa shape index (κ2) is 8.27. The maximum absolute atomic E-state index is 14.4. The Morgan fingerprint density at radius 2 is 1.45 bits per heavy atom. The summed E-state index contributed by atoms with van der Waals surface area (Å²) in [4.78, 5) is 12.9. The van der Waals surface area contributed by atoms with E-state index < -0.39 is 29.2 Å². The van der Waals surface area contributed by atoms with E-state index in [4.69, 9.17) is 0 Å². The van der Waals surface area contributed by atoms with Gasteiger partial charge in [0, 0.05) is 26.0 Å². The molecule has 4 aromatic rings. The monoisotopic (exact) mass is 456 g/mol. The van der Waals surface area contributed by atoms with Gasteiger partial charge in [-0.15, -0.1) is 0 Å². The minimum absolute atomic E-state index is 0.00593. The Labute approximate surface area is 187 Å². The molecule has 0 fully saturated rings. The fourth-order valence-electron chi connectivity index (χ4n) is 3.33. The van der Waals surface area contributed by atoms with Crippen molar-refractivity contribution >= 4 is 5.69 Å². The predicted molar refractivity (Wildman–Crippen MR) is 115 cm³/mol. The second-order valence-corrected chi connectivity index (χ2v) is 8.18. The van der Waals surface area contributed by atoms with Crippen molar-refractivity contribution < 1.29 is 17.6 Å². The fourth-order valence-corrected chi connectivity index (χ4v) is 3.33. The average Bonchev–Trinajstić information content (AvgIpc) is 3.24. The number of nitrogens with zero attached hydrogens (tertiary/aromatic N) is 6. The van der Waals surface area contributed by atoms with Crippen molar-refractivity contribution in [3.05, 3.63) is 83.8 Å². The Bertz CT molecular complexity index is 1330. The Morgan fingerprint density at radius 1 is 0.788 bits per heavy atom. The van der Waals surface area contributed by atoms with Crippen molar-refractivity contribution in [3.8, 4) is 16.9 Å². The molecule has 170 valence electrons. The molecule has 0 saturated heterocycles. The first kappa shape index (κ1) is 22.4. The minimum atomic E-state index is -0.989. The lowest BCUT2D eigenvalue weighted by molar-refractivity contribution is 0.503. The number of pyridine rings is 3. The summed E-state index contributed by atoms with van der Waals surface area (Å²) in [6.07, 6.45) is 1.54. The van der Waals surface area contributed by atoms with Crippen LogP contribution in [0.4, 0.5) is 23.2 Å². The zero-order valence-corrected chi connectivity index (χ0v) is 18.3. The molecule has 4 rings (SSSR count). The van der Waals surface area contributed by atoms with Crippen LogP contribution < -0.4 is 4.90 Å². The van der Waals surface area contributed by atoms with E-state index in [9.17, 15) is 17.6 Å². The SMILES string of the molecule is CN(C)c1cc(-c2ccc(F)nc2F)nc(C(C)(C)c2ccn(-c3ccc(F)nc3F)n2)c1. The molecule has 33 heavy (non-hydrogen) atoms. The molecule has 0 radical (unpaired) electrons. The highest BCUT2D eigenvalue weighted by molar-refractivity contribution is 5.65. The molecular weight excluding hydrogens is 436 g/mol. The van der Waals surface area contributed by atoms with Crippen LogP contribution in [0, 0.1) is 23.8 Å². The second-order valence-electron chi connectivity index (χ2n) is 8.18. The fraction of sp³-hybridized carbons (Fsp3) is 0.217. The summed E-state index contributed by atoms with van der Waals surface area (Å²) in [7, 11) is 3.66. The summed E-state index contributed by atoms with van der Waals surface area (Å²) in [6, 6.07) is 9.84. The minimum Gasteiger partial charge on any atom is -0.378 e. The summed E-state index contributed by atoms with van der Waals surface area (Å²) >= 11 is 0. The van der Waals surface area contributed by atoms with E-state index in [1.165, 1.54) is 23.0 Å². The van der Waals surface area contributed by atoms with Crippen LogP contribution in [-0.2, 0) is 5.41 Å². The van der Waals surface area contributed by atoms with Crippen LogP contribution in [0.1, 0.15) is 25.2 Å². The molecule has 0 aliphatic rings. The van der Waals surface area contributed by atoms with Crippen LogP contribution in [-0.4, -0.2) is 38.8 Å². The van der Waals surface area contributed by atoms with Crippen LogP contribution in [0.5, 0.6) is 0 Å². The quantitative estimate of drug-likeness (QED) is 0.323. The van der Waals surface area contributed by atoms with E-state index >= 15 is 0 Å². The van der Waals surface area contributed by atoms with Crippen LogP contribution in [0.2, 0.25) is 0 Å². The normalized spacial score (nSPS) is 11.6. The maximum Gasteiger partial charge on any atom is 0.241 e. The Balaban J connectivity index is 1.80. The van der Waals surface area contributed by atoms with E-state index in [1.807, 2.05) is 38.9 Å². The van der Waals surface area contributed by atoms with E-state index in [-0.39, 0.29) is 16.9 Å². The van der Waals surface area contributed by atoms with Gasteiger partial charge in [0.15, 0.2) is 0 Å². The first-order valence-corrected chi connectivity index (χ1v) is 9.97. The molecule has 10 heteroatoms. The molecule has 0 unspecified atom stereocenters.